The van der Waals surface area contributed by atoms with Gasteiger partial charge in [-0.2, -0.15) is 0 Å². The first-order chi connectivity index (χ1) is 9.74. The van der Waals surface area contributed by atoms with Crippen LogP contribution < -0.4 is 5.32 Å². The first-order valence-corrected chi connectivity index (χ1v) is 8.63. The van der Waals surface area contributed by atoms with Crippen LogP contribution >= 0.6 is 45.3 Å². The fourth-order valence-corrected chi connectivity index (χ4v) is 3.78. The van der Waals surface area contributed by atoms with Crippen LogP contribution in [0.1, 0.15) is 10.4 Å². The molecule has 20 heavy (non-hydrogen) atoms. The van der Waals surface area contributed by atoms with Gasteiger partial charge in [-0.3, -0.25) is 10.1 Å². The minimum absolute atomic E-state index is 0.123. The van der Waals surface area contributed by atoms with Crippen molar-refractivity contribution in [2.45, 2.75) is 0 Å². The zero-order valence-corrected chi connectivity index (χ0v) is 14.0. The average molecular weight is 412 g/mol. The normalized spacial score (nSPS) is 10.4. The van der Waals surface area contributed by atoms with E-state index < -0.39 is 0 Å². The Bertz CT molecular complexity index is 737. The Morgan fingerprint density at radius 2 is 2.00 bits per heavy atom. The summed E-state index contributed by atoms with van der Waals surface area (Å²) in [5.74, 6) is -0.123. The molecule has 6 heteroatoms. The van der Waals surface area contributed by atoms with Crippen molar-refractivity contribution >= 4 is 56.3 Å². The number of carbonyl (C=O) groups excluding carboxylic acids is 1. The highest BCUT2D eigenvalue weighted by molar-refractivity contribution is 14.1. The highest BCUT2D eigenvalue weighted by atomic mass is 127. The van der Waals surface area contributed by atoms with Crippen molar-refractivity contribution in [2.24, 2.45) is 0 Å². The van der Waals surface area contributed by atoms with Gasteiger partial charge in [0.2, 0.25) is 0 Å². The van der Waals surface area contributed by atoms with E-state index in [1.54, 1.807) is 11.3 Å². The van der Waals surface area contributed by atoms with Gasteiger partial charge in [0.1, 0.15) is 0 Å². The fraction of sp³-hybridized carbons (Fsp3) is 0. The predicted octanol–water partition coefficient (Wildman–Crippen LogP) is 4.73. The van der Waals surface area contributed by atoms with Crippen LogP contribution in [-0.2, 0) is 0 Å². The number of thiophene rings is 1. The molecule has 0 bridgehead atoms. The molecule has 3 rings (SSSR count). The molecule has 0 radical (unpaired) electrons. The Kier molecular flexibility index (Phi) is 4.13. The molecule has 0 unspecified atom stereocenters. The molecule has 0 fully saturated rings. The molecular weight excluding hydrogens is 403 g/mol. The standard InChI is InChI=1S/C14H9IN2OS2/c15-10-5-2-1-4-9(10)13(18)17-14-16-11(8-20-14)12-6-3-7-19-12/h1-8H,(H,16,17,18). The number of rotatable bonds is 3. The van der Waals surface area contributed by atoms with Crippen molar-refractivity contribution in [1.82, 2.24) is 4.98 Å². The van der Waals surface area contributed by atoms with Gasteiger partial charge in [-0.05, 0) is 46.2 Å². The van der Waals surface area contributed by atoms with E-state index in [0.717, 1.165) is 14.1 Å². The summed E-state index contributed by atoms with van der Waals surface area (Å²) >= 11 is 5.23. The summed E-state index contributed by atoms with van der Waals surface area (Å²) in [6.07, 6.45) is 0. The third-order valence-electron chi connectivity index (χ3n) is 2.62. The van der Waals surface area contributed by atoms with Gasteiger partial charge in [-0.1, -0.05) is 18.2 Å². The number of aromatic nitrogens is 1. The van der Waals surface area contributed by atoms with E-state index in [2.05, 4.69) is 32.9 Å². The summed E-state index contributed by atoms with van der Waals surface area (Å²) in [5.41, 5.74) is 1.57. The number of thiazole rings is 1. The maximum Gasteiger partial charge on any atom is 0.258 e. The number of hydrogen-bond donors (Lipinski definition) is 1. The van der Waals surface area contributed by atoms with Crippen LogP contribution in [0.2, 0.25) is 0 Å². The number of nitrogens with zero attached hydrogens (tertiary/aromatic N) is 1. The molecule has 100 valence electrons. The highest BCUT2D eigenvalue weighted by Crippen LogP contribution is 2.28. The predicted molar refractivity (Wildman–Crippen MR) is 92.5 cm³/mol. The van der Waals surface area contributed by atoms with Gasteiger partial charge in [0.25, 0.3) is 5.91 Å². The molecule has 3 nitrogen and oxygen atoms in total. The number of benzene rings is 1. The Hall–Kier alpha value is -1.25. The number of nitrogens with one attached hydrogen (secondary N) is 1. The zero-order chi connectivity index (χ0) is 13.9. The smallest absolute Gasteiger partial charge is 0.258 e. The summed E-state index contributed by atoms with van der Waals surface area (Å²) in [6.45, 7) is 0. The van der Waals surface area contributed by atoms with Gasteiger partial charge in [-0.25, -0.2) is 4.98 Å². The van der Waals surface area contributed by atoms with Gasteiger partial charge in [-0.15, -0.1) is 22.7 Å². The first-order valence-electron chi connectivity index (χ1n) is 5.79. The lowest BCUT2D eigenvalue weighted by Gasteiger charge is -2.03. The number of anilines is 1. The van der Waals surface area contributed by atoms with Crippen LogP contribution in [0.3, 0.4) is 0 Å². The van der Waals surface area contributed by atoms with Crippen LogP contribution in [-0.4, -0.2) is 10.9 Å². The minimum Gasteiger partial charge on any atom is -0.298 e. The van der Waals surface area contributed by atoms with E-state index in [0.29, 0.717) is 10.7 Å². The summed E-state index contributed by atoms with van der Waals surface area (Å²) in [5, 5.41) is 7.44. The van der Waals surface area contributed by atoms with Crippen molar-refractivity contribution in [3.05, 3.63) is 56.3 Å². The SMILES string of the molecule is O=C(Nc1nc(-c2cccs2)cs1)c1ccccc1I. The topological polar surface area (TPSA) is 42.0 Å². The van der Waals surface area contributed by atoms with Crippen LogP contribution in [0.5, 0.6) is 0 Å². The van der Waals surface area contributed by atoms with Gasteiger partial charge >= 0.3 is 0 Å². The second-order valence-corrected chi connectivity index (χ2v) is 6.92. The van der Waals surface area contributed by atoms with Crippen LogP contribution in [0.15, 0.2) is 47.2 Å². The highest BCUT2D eigenvalue weighted by Gasteiger charge is 2.12. The van der Waals surface area contributed by atoms with E-state index in [1.165, 1.54) is 11.3 Å². The van der Waals surface area contributed by atoms with Crippen molar-refractivity contribution in [2.75, 3.05) is 5.32 Å². The molecule has 3 aromatic rings. The molecule has 0 aliphatic heterocycles. The van der Waals surface area contributed by atoms with Crippen LogP contribution in [0, 0.1) is 3.57 Å². The minimum atomic E-state index is -0.123. The Balaban J connectivity index is 1.79. The molecule has 0 atom stereocenters. The Labute approximate surface area is 137 Å². The van der Waals surface area contributed by atoms with E-state index in [-0.39, 0.29) is 5.91 Å². The van der Waals surface area contributed by atoms with E-state index >= 15 is 0 Å². The lowest BCUT2D eigenvalue weighted by Crippen LogP contribution is -2.13. The zero-order valence-electron chi connectivity index (χ0n) is 10.2. The number of amides is 1. The third kappa shape index (κ3) is 2.92. The molecule has 1 amide bonds. The maximum absolute atomic E-state index is 12.2. The van der Waals surface area contributed by atoms with Crippen molar-refractivity contribution in [3.63, 3.8) is 0 Å². The van der Waals surface area contributed by atoms with Gasteiger partial charge in [0.15, 0.2) is 5.13 Å². The molecule has 1 aromatic carbocycles. The second-order valence-electron chi connectivity index (χ2n) is 3.95. The van der Waals surface area contributed by atoms with Crippen molar-refractivity contribution in [1.29, 1.82) is 0 Å². The van der Waals surface area contributed by atoms with Gasteiger partial charge in [0, 0.05) is 8.95 Å². The Morgan fingerprint density at radius 1 is 1.15 bits per heavy atom. The third-order valence-corrected chi connectivity index (χ3v) is 5.21. The van der Waals surface area contributed by atoms with Crippen molar-refractivity contribution in [3.8, 4) is 10.6 Å². The monoisotopic (exact) mass is 412 g/mol. The summed E-state index contributed by atoms with van der Waals surface area (Å²) < 4.78 is 0.928. The molecule has 2 aromatic heterocycles. The second kappa shape index (κ2) is 6.02. The van der Waals surface area contributed by atoms with E-state index in [4.69, 9.17) is 0 Å². The molecule has 0 aliphatic rings. The van der Waals surface area contributed by atoms with E-state index in [1.807, 2.05) is 47.2 Å². The average Bonchev–Trinajstić information content (AvgIpc) is 3.09. The molecule has 0 saturated heterocycles. The molecule has 1 N–H and O–H groups in total. The lowest BCUT2D eigenvalue weighted by atomic mass is 10.2. The molecule has 2 heterocycles. The fourth-order valence-electron chi connectivity index (χ4n) is 1.68. The summed E-state index contributed by atoms with van der Waals surface area (Å²) in [7, 11) is 0. The van der Waals surface area contributed by atoms with Crippen LogP contribution in [0.4, 0.5) is 5.13 Å². The first kappa shape index (κ1) is 13.7. The van der Waals surface area contributed by atoms with Gasteiger partial charge < -0.3 is 0 Å². The van der Waals surface area contributed by atoms with Crippen molar-refractivity contribution < 1.29 is 4.79 Å². The van der Waals surface area contributed by atoms with Crippen LogP contribution in [0.25, 0.3) is 10.6 Å². The number of carbonyl (C=O) groups is 1. The molecule has 0 spiro atoms. The summed E-state index contributed by atoms with van der Waals surface area (Å²) in [6, 6.07) is 11.5. The van der Waals surface area contributed by atoms with E-state index in [9.17, 15) is 4.79 Å². The summed E-state index contributed by atoms with van der Waals surface area (Å²) in [4.78, 5) is 17.7. The lowest BCUT2D eigenvalue weighted by molar-refractivity contribution is 0.102. The molecule has 0 aliphatic carbocycles. The molecule has 0 saturated carbocycles. The number of halogens is 1. The quantitative estimate of drug-likeness (QED) is 0.633. The maximum atomic E-state index is 12.2. The van der Waals surface area contributed by atoms with Gasteiger partial charge in [0.05, 0.1) is 16.1 Å². The Morgan fingerprint density at radius 3 is 2.75 bits per heavy atom. The molecular formula is C14H9IN2OS2. The largest absolute Gasteiger partial charge is 0.298 e. The number of hydrogen-bond acceptors (Lipinski definition) is 4.